The van der Waals surface area contributed by atoms with Crippen molar-refractivity contribution in [1.29, 1.82) is 0 Å². The SMILES string of the molecule is COCCN=C1Nc2ccccc2CN[C@]12CCN(C(=O)c1cc(F)ccc1Cl)C2. The lowest BCUT2D eigenvalue weighted by atomic mass is 9.96. The van der Waals surface area contributed by atoms with Crippen molar-refractivity contribution in [2.45, 2.75) is 18.5 Å². The minimum Gasteiger partial charge on any atom is -0.383 e. The van der Waals surface area contributed by atoms with Crippen molar-refractivity contribution < 1.29 is 13.9 Å². The molecule has 8 heteroatoms. The number of rotatable bonds is 4. The van der Waals surface area contributed by atoms with Crippen molar-refractivity contribution in [2.24, 2.45) is 4.99 Å². The molecule has 1 saturated heterocycles. The van der Waals surface area contributed by atoms with Crippen LogP contribution in [0.3, 0.4) is 0 Å². The number of fused-ring (bicyclic) bond motifs is 1. The van der Waals surface area contributed by atoms with Gasteiger partial charge in [0.1, 0.15) is 11.7 Å². The molecular weight excluding hydrogens is 407 g/mol. The third-order valence-electron chi connectivity index (χ3n) is 5.62. The van der Waals surface area contributed by atoms with E-state index in [2.05, 4.69) is 16.7 Å². The van der Waals surface area contributed by atoms with Crippen LogP contribution in [0.25, 0.3) is 0 Å². The largest absolute Gasteiger partial charge is 0.383 e. The van der Waals surface area contributed by atoms with Gasteiger partial charge in [0, 0.05) is 32.4 Å². The summed E-state index contributed by atoms with van der Waals surface area (Å²) in [5.74, 6) is 0.0181. The summed E-state index contributed by atoms with van der Waals surface area (Å²) in [5.41, 5.74) is 1.78. The number of carbonyl (C=O) groups excluding carboxylic acids is 1. The highest BCUT2D eigenvalue weighted by molar-refractivity contribution is 6.33. The summed E-state index contributed by atoms with van der Waals surface area (Å²) in [6.45, 7) is 2.58. The molecule has 0 bridgehead atoms. The van der Waals surface area contributed by atoms with Crippen LogP contribution < -0.4 is 10.6 Å². The fraction of sp³-hybridized carbons (Fsp3) is 0.364. The molecule has 2 aromatic carbocycles. The molecule has 30 heavy (non-hydrogen) atoms. The molecule has 4 rings (SSSR count). The van der Waals surface area contributed by atoms with Gasteiger partial charge in [0.15, 0.2) is 0 Å². The van der Waals surface area contributed by atoms with E-state index < -0.39 is 11.4 Å². The van der Waals surface area contributed by atoms with E-state index in [0.29, 0.717) is 39.2 Å². The van der Waals surface area contributed by atoms with Gasteiger partial charge in [0.25, 0.3) is 5.91 Å². The maximum absolute atomic E-state index is 13.7. The number of benzene rings is 2. The number of aliphatic imine (C=N–C) groups is 1. The van der Waals surface area contributed by atoms with Crippen molar-refractivity contribution >= 4 is 29.0 Å². The number of hydrogen-bond acceptors (Lipinski definition) is 4. The summed E-state index contributed by atoms with van der Waals surface area (Å²) in [7, 11) is 1.64. The fourth-order valence-corrected chi connectivity index (χ4v) is 4.18. The Morgan fingerprint density at radius 1 is 1.33 bits per heavy atom. The van der Waals surface area contributed by atoms with Gasteiger partial charge in [-0.15, -0.1) is 0 Å². The second kappa shape index (κ2) is 8.71. The zero-order chi connectivity index (χ0) is 21.1. The number of hydrogen-bond donors (Lipinski definition) is 2. The van der Waals surface area contributed by atoms with Crippen molar-refractivity contribution in [3.8, 4) is 0 Å². The highest BCUT2D eigenvalue weighted by Crippen LogP contribution is 2.31. The van der Waals surface area contributed by atoms with E-state index >= 15 is 0 Å². The van der Waals surface area contributed by atoms with Gasteiger partial charge >= 0.3 is 0 Å². The minimum absolute atomic E-state index is 0.177. The first-order chi connectivity index (χ1) is 14.5. The summed E-state index contributed by atoms with van der Waals surface area (Å²) >= 11 is 6.17. The molecule has 0 radical (unpaired) electrons. The van der Waals surface area contributed by atoms with Crippen LogP contribution in [0.4, 0.5) is 10.1 Å². The summed E-state index contributed by atoms with van der Waals surface area (Å²) in [4.78, 5) is 19.5. The molecule has 1 fully saturated rings. The summed E-state index contributed by atoms with van der Waals surface area (Å²) in [6, 6.07) is 11.9. The quantitative estimate of drug-likeness (QED) is 0.730. The molecule has 0 aromatic heterocycles. The topological polar surface area (TPSA) is 66.0 Å². The first-order valence-electron chi connectivity index (χ1n) is 9.90. The van der Waals surface area contributed by atoms with Gasteiger partial charge in [-0.3, -0.25) is 15.1 Å². The number of likely N-dealkylation sites (tertiary alicyclic amines) is 1. The van der Waals surface area contributed by atoms with E-state index in [1.165, 1.54) is 18.2 Å². The van der Waals surface area contributed by atoms with E-state index in [9.17, 15) is 9.18 Å². The molecule has 2 aromatic rings. The number of nitrogens with one attached hydrogen (secondary N) is 2. The molecule has 2 N–H and O–H groups in total. The summed E-state index contributed by atoms with van der Waals surface area (Å²) in [6.07, 6.45) is 0.679. The third-order valence-corrected chi connectivity index (χ3v) is 5.95. The lowest BCUT2D eigenvalue weighted by molar-refractivity contribution is 0.0785. The van der Waals surface area contributed by atoms with Crippen molar-refractivity contribution in [3.63, 3.8) is 0 Å². The average molecular weight is 431 g/mol. The Balaban J connectivity index is 1.62. The molecule has 0 unspecified atom stereocenters. The molecule has 1 spiro atoms. The lowest BCUT2D eigenvalue weighted by Gasteiger charge is -2.30. The lowest BCUT2D eigenvalue weighted by Crippen LogP contribution is -2.55. The molecule has 2 heterocycles. The number of halogens is 2. The molecule has 0 saturated carbocycles. The Morgan fingerprint density at radius 2 is 2.17 bits per heavy atom. The molecule has 1 atom stereocenters. The van der Waals surface area contributed by atoms with Crippen LogP contribution >= 0.6 is 11.6 Å². The predicted octanol–water partition coefficient (Wildman–Crippen LogP) is 3.32. The Hall–Kier alpha value is -2.48. The first kappa shape index (κ1) is 20.8. The highest BCUT2D eigenvalue weighted by Gasteiger charge is 2.45. The van der Waals surface area contributed by atoms with E-state index in [0.717, 1.165) is 17.1 Å². The van der Waals surface area contributed by atoms with Crippen molar-refractivity contribution in [1.82, 2.24) is 10.2 Å². The van der Waals surface area contributed by atoms with Crippen LogP contribution in [0, 0.1) is 5.82 Å². The molecule has 2 aliphatic heterocycles. The second-order valence-corrected chi connectivity index (χ2v) is 7.95. The smallest absolute Gasteiger partial charge is 0.255 e. The summed E-state index contributed by atoms with van der Waals surface area (Å²) in [5, 5.41) is 7.34. The number of anilines is 1. The predicted molar refractivity (Wildman–Crippen MR) is 116 cm³/mol. The zero-order valence-electron chi connectivity index (χ0n) is 16.8. The maximum atomic E-state index is 13.7. The average Bonchev–Trinajstić information content (AvgIpc) is 3.12. The third kappa shape index (κ3) is 4.05. The molecule has 6 nitrogen and oxygen atoms in total. The number of ether oxygens (including phenoxy) is 1. The molecule has 0 aliphatic carbocycles. The Morgan fingerprint density at radius 3 is 3.00 bits per heavy atom. The monoisotopic (exact) mass is 430 g/mol. The molecule has 158 valence electrons. The fourth-order valence-electron chi connectivity index (χ4n) is 3.98. The van der Waals surface area contributed by atoms with Crippen molar-refractivity contribution in [2.75, 3.05) is 38.7 Å². The number of amides is 1. The van der Waals surface area contributed by atoms with E-state index in [1.54, 1.807) is 12.0 Å². The zero-order valence-corrected chi connectivity index (χ0v) is 17.5. The van der Waals surface area contributed by atoms with Crippen LogP contribution in [0.1, 0.15) is 22.3 Å². The van der Waals surface area contributed by atoms with Gasteiger partial charge in [0.2, 0.25) is 0 Å². The number of carbonyl (C=O) groups is 1. The standard InChI is InChI=1S/C22H24ClFN4O2/c1-30-11-9-25-21-22(26-13-15-4-2-3-5-19(15)27-21)8-10-28(14-22)20(29)17-12-16(24)6-7-18(17)23/h2-7,12,26H,8-11,13-14H2,1H3,(H,25,27)/t22-/m0/s1. The van der Waals surface area contributed by atoms with Gasteiger partial charge in [-0.1, -0.05) is 29.8 Å². The van der Waals surface area contributed by atoms with Gasteiger partial charge < -0.3 is 15.0 Å². The van der Waals surface area contributed by atoms with Gasteiger partial charge in [-0.2, -0.15) is 0 Å². The highest BCUT2D eigenvalue weighted by atomic mass is 35.5. The number of para-hydroxylation sites is 1. The van der Waals surface area contributed by atoms with E-state index in [1.807, 2.05) is 18.2 Å². The number of nitrogens with zero attached hydrogens (tertiary/aromatic N) is 2. The van der Waals surface area contributed by atoms with Crippen LogP contribution in [0.2, 0.25) is 5.02 Å². The second-order valence-electron chi connectivity index (χ2n) is 7.54. The minimum atomic E-state index is -0.526. The molecule has 1 amide bonds. The van der Waals surface area contributed by atoms with E-state index in [-0.39, 0.29) is 16.5 Å². The first-order valence-corrected chi connectivity index (χ1v) is 10.3. The number of methoxy groups -OCH3 is 1. The Labute approximate surface area is 180 Å². The van der Waals surface area contributed by atoms with Gasteiger partial charge in [-0.25, -0.2) is 4.39 Å². The van der Waals surface area contributed by atoms with Crippen LogP contribution in [-0.2, 0) is 11.3 Å². The van der Waals surface area contributed by atoms with Crippen LogP contribution in [-0.4, -0.2) is 55.5 Å². The van der Waals surface area contributed by atoms with Crippen LogP contribution in [0.15, 0.2) is 47.5 Å². The number of amidine groups is 1. The Kier molecular flexibility index (Phi) is 6.04. The van der Waals surface area contributed by atoms with Gasteiger partial charge in [0.05, 0.1) is 29.3 Å². The maximum Gasteiger partial charge on any atom is 0.255 e. The van der Waals surface area contributed by atoms with E-state index in [4.69, 9.17) is 21.3 Å². The summed E-state index contributed by atoms with van der Waals surface area (Å²) < 4.78 is 18.9. The Bertz CT molecular complexity index is 983. The van der Waals surface area contributed by atoms with Gasteiger partial charge in [-0.05, 0) is 36.2 Å². The van der Waals surface area contributed by atoms with Crippen LogP contribution in [0.5, 0.6) is 0 Å². The molecule has 2 aliphatic rings. The molecular formula is C22H24ClFN4O2. The normalized spacial score (nSPS) is 22.1. The van der Waals surface area contributed by atoms with Crippen molar-refractivity contribution in [3.05, 3.63) is 64.4 Å².